The van der Waals surface area contributed by atoms with Gasteiger partial charge in [0.15, 0.2) is 5.11 Å². The standard InChI is InChI=1S/C9H12IN3S/c1-11-9(14)13-8-4-2-7(3-5-8)6-12-10/h2-5,12H,6H2,1H3,(H2,11,13,14). The van der Waals surface area contributed by atoms with Gasteiger partial charge in [0.2, 0.25) is 0 Å². The lowest BCUT2D eigenvalue weighted by molar-refractivity contribution is 1.01. The summed E-state index contributed by atoms with van der Waals surface area (Å²) in [5, 5.41) is 6.55. The van der Waals surface area contributed by atoms with E-state index in [1.165, 1.54) is 5.56 Å². The quantitative estimate of drug-likeness (QED) is 0.452. The molecule has 0 atom stereocenters. The third-order valence-electron chi connectivity index (χ3n) is 1.71. The minimum atomic E-state index is 0.629. The van der Waals surface area contributed by atoms with Crippen LogP contribution in [0.5, 0.6) is 0 Å². The number of rotatable bonds is 3. The lowest BCUT2D eigenvalue weighted by Gasteiger charge is -2.07. The summed E-state index contributed by atoms with van der Waals surface area (Å²) in [7, 11) is 1.80. The monoisotopic (exact) mass is 321 g/mol. The Morgan fingerprint density at radius 3 is 2.50 bits per heavy atom. The predicted octanol–water partition coefficient (Wildman–Crippen LogP) is 2.04. The van der Waals surface area contributed by atoms with Gasteiger partial charge in [0.25, 0.3) is 0 Å². The molecule has 14 heavy (non-hydrogen) atoms. The fourth-order valence-corrected chi connectivity index (χ4v) is 1.53. The molecule has 0 radical (unpaired) electrons. The molecule has 0 amide bonds. The third kappa shape index (κ3) is 3.77. The topological polar surface area (TPSA) is 36.1 Å². The van der Waals surface area contributed by atoms with Gasteiger partial charge in [-0.3, -0.25) is 3.53 Å². The summed E-state index contributed by atoms with van der Waals surface area (Å²) in [6, 6.07) is 8.14. The van der Waals surface area contributed by atoms with E-state index in [2.05, 4.69) is 49.2 Å². The first-order chi connectivity index (χ1) is 6.76. The van der Waals surface area contributed by atoms with E-state index >= 15 is 0 Å². The summed E-state index contributed by atoms with van der Waals surface area (Å²) in [5.74, 6) is 0. The van der Waals surface area contributed by atoms with Crippen LogP contribution < -0.4 is 14.2 Å². The largest absolute Gasteiger partial charge is 0.366 e. The van der Waals surface area contributed by atoms with E-state index in [4.69, 9.17) is 12.2 Å². The first kappa shape index (κ1) is 11.7. The Balaban J connectivity index is 2.59. The van der Waals surface area contributed by atoms with Crippen LogP contribution in [0, 0.1) is 0 Å². The Bertz CT molecular complexity index is 299. The SMILES string of the molecule is CNC(=S)Nc1ccc(CNI)cc1. The molecule has 0 bridgehead atoms. The van der Waals surface area contributed by atoms with Crippen molar-refractivity contribution in [3.8, 4) is 0 Å². The predicted molar refractivity (Wildman–Crippen MR) is 72.6 cm³/mol. The molecule has 1 rings (SSSR count). The molecule has 3 N–H and O–H groups in total. The fourth-order valence-electron chi connectivity index (χ4n) is 0.977. The van der Waals surface area contributed by atoms with Gasteiger partial charge in [-0.25, -0.2) is 0 Å². The Hall–Kier alpha value is -0.400. The van der Waals surface area contributed by atoms with Gasteiger partial charge in [-0.1, -0.05) is 12.1 Å². The van der Waals surface area contributed by atoms with Crippen LogP contribution in [0.2, 0.25) is 0 Å². The highest BCUT2D eigenvalue weighted by Gasteiger charge is 1.95. The summed E-state index contributed by atoms with van der Waals surface area (Å²) in [6.07, 6.45) is 0. The van der Waals surface area contributed by atoms with Crippen LogP contribution in [0.25, 0.3) is 0 Å². The van der Waals surface area contributed by atoms with Crippen molar-refractivity contribution >= 4 is 45.9 Å². The van der Waals surface area contributed by atoms with Gasteiger partial charge in [0.1, 0.15) is 0 Å². The van der Waals surface area contributed by atoms with E-state index < -0.39 is 0 Å². The number of halogens is 1. The number of hydrogen-bond acceptors (Lipinski definition) is 2. The average Bonchev–Trinajstić information content (AvgIpc) is 2.21. The van der Waals surface area contributed by atoms with Gasteiger partial charge in [-0.15, -0.1) is 0 Å². The maximum absolute atomic E-state index is 4.99. The van der Waals surface area contributed by atoms with Gasteiger partial charge < -0.3 is 10.6 Å². The van der Waals surface area contributed by atoms with Gasteiger partial charge in [-0.2, -0.15) is 0 Å². The zero-order valence-corrected chi connectivity index (χ0v) is 10.8. The zero-order chi connectivity index (χ0) is 10.4. The maximum Gasteiger partial charge on any atom is 0.170 e. The molecule has 3 nitrogen and oxygen atoms in total. The van der Waals surface area contributed by atoms with Crippen LogP contribution in [0.4, 0.5) is 5.69 Å². The van der Waals surface area contributed by atoms with Crippen molar-refractivity contribution in [2.75, 3.05) is 12.4 Å². The van der Waals surface area contributed by atoms with Crippen LogP contribution in [-0.4, -0.2) is 12.2 Å². The third-order valence-corrected chi connectivity index (χ3v) is 2.40. The summed E-state index contributed by atoms with van der Waals surface area (Å²) >= 11 is 7.11. The molecular weight excluding hydrogens is 309 g/mol. The van der Waals surface area contributed by atoms with E-state index in [1.54, 1.807) is 7.05 Å². The first-order valence-corrected chi connectivity index (χ1v) is 5.66. The van der Waals surface area contributed by atoms with Crippen molar-refractivity contribution < 1.29 is 0 Å². The van der Waals surface area contributed by atoms with Crippen LogP contribution in [0.1, 0.15) is 5.56 Å². The van der Waals surface area contributed by atoms with Crippen molar-refractivity contribution in [2.24, 2.45) is 0 Å². The number of thiocarbonyl (C=S) groups is 1. The molecule has 0 saturated heterocycles. The van der Waals surface area contributed by atoms with Crippen LogP contribution in [0.15, 0.2) is 24.3 Å². The minimum Gasteiger partial charge on any atom is -0.366 e. The normalized spacial score (nSPS) is 9.57. The number of nitrogens with one attached hydrogen (secondary N) is 3. The molecule has 0 unspecified atom stereocenters. The van der Waals surface area contributed by atoms with Crippen molar-refractivity contribution in [3.05, 3.63) is 29.8 Å². The number of anilines is 1. The summed E-state index contributed by atoms with van der Waals surface area (Å²) in [5.41, 5.74) is 2.25. The number of benzene rings is 1. The Morgan fingerprint density at radius 2 is 2.00 bits per heavy atom. The van der Waals surface area contributed by atoms with Crippen molar-refractivity contribution in [3.63, 3.8) is 0 Å². The van der Waals surface area contributed by atoms with E-state index in [1.807, 2.05) is 12.1 Å². The van der Waals surface area contributed by atoms with Gasteiger partial charge in [0.05, 0.1) is 0 Å². The lowest BCUT2D eigenvalue weighted by atomic mass is 10.2. The molecule has 0 aliphatic rings. The number of hydrogen-bond donors (Lipinski definition) is 3. The zero-order valence-electron chi connectivity index (χ0n) is 7.80. The van der Waals surface area contributed by atoms with Crippen molar-refractivity contribution in [2.45, 2.75) is 6.54 Å². The van der Waals surface area contributed by atoms with Crippen LogP contribution in [-0.2, 0) is 6.54 Å². The maximum atomic E-state index is 4.99. The Labute approximate surface area is 103 Å². The van der Waals surface area contributed by atoms with Crippen molar-refractivity contribution in [1.82, 2.24) is 8.85 Å². The molecule has 0 aromatic heterocycles. The van der Waals surface area contributed by atoms with Crippen LogP contribution in [0.3, 0.4) is 0 Å². The van der Waals surface area contributed by atoms with Gasteiger partial charge >= 0.3 is 0 Å². The molecule has 0 heterocycles. The Kier molecular flexibility index (Phi) is 5.13. The summed E-state index contributed by atoms with van der Waals surface area (Å²) < 4.78 is 3.07. The molecule has 0 spiro atoms. The lowest BCUT2D eigenvalue weighted by Crippen LogP contribution is -2.24. The van der Waals surface area contributed by atoms with E-state index in [0.717, 1.165) is 12.2 Å². The fraction of sp³-hybridized carbons (Fsp3) is 0.222. The molecular formula is C9H12IN3S. The second-order valence-corrected chi connectivity index (χ2v) is 3.88. The Morgan fingerprint density at radius 1 is 1.36 bits per heavy atom. The molecule has 0 aliphatic heterocycles. The summed E-state index contributed by atoms with van der Waals surface area (Å²) in [6.45, 7) is 0.872. The molecule has 1 aromatic carbocycles. The second-order valence-electron chi connectivity index (χ2n) is 2.71. The minimum absolute atomic E-state index is 0.629. The van der Waals surface area contributed by atoms with Crippen LogP contribution >= 0.6 is 35.1 Å². The average molecular weight is 321 g/mol. The van der Waals surface area contributed by atoms with Crippen molar-refractivity contribution in [1.29, 1.82) is 0 Å². The second kappa shape index (κ2) is 6.15. The van der Waals surface area contributed by atoms with E-state index in [-0.39, 0.29) is 0 Å². The molecule has 0 aliphatic carbocycles. The molecule has 1 aromatic rings. The molecule has 76 valence electrons. The molecule has 0 fully saturated rings. The highest BCUT2D eigenvalue weighted by Crippen LogP contribution is 2.09. The highest BCUT2D eigenvalue weighted by molar-refractivity contribution is 14.1. The molecule has 5 heteroatoms. The summed E-state index contributed by atoms with van der Waals surface area (Å²) in [4.78, 5) is 0. The molecule has 0 saturated carbocycles. The van der Waals surface area contributed by atoms with Gasteiger partial charge in [0, 0.05) is 42.1 Å². The highest BCUT2D eigenvalue weighted by atomic mass is 127. The van der Waals surface area contributed by atoms with Gasteiger partial charge in [-0.05, 0) is 29.9 Å². The van der Waals surface area contributed by atoms with E-state index in [9.17, 15) is 0 Å². The first-order valence-electron chi connectivity index (χ1n) is 4.17. The smallest absolute Gasteiger partial charge is 0.170 e. The van der Waals surface area contributed by atoms with E-state index in [0.29, 0.717) is 5.11 Å².